The lowest BCUT2D eigenvalue weighted by molar-refractivity contribution is 0.310. The summed E-state index contributed by atoms with van der Waals surface area (Å²) in [5.74, 6) is 0. The van der Waals surface area contributed by atoms with E-state index >= 15 is 0 Å². The lowest BCUT2D eigenvalue weighted by Gasteiger charge is -2.21. The fourth-order valence-corrected chi connectivity index (χ4v) is 2.14. The summed E-state index contributed by atoms with van der Waals surface area (Å²) in [4.78, 5) is 0. The second-order valence-electron chi connectivity index (χ2n) is 3.97. The van der Waals surface area contributed by atoms with Crippen LogP contribution in [0.4, 0.5) is 0 Å². The first-order valence-corrected chi connectivity index (χ1v) is 5.47. The Labute approximate surface area is 88.8 Å². The average Bonchev–Trinajstić information content (AvgIpc) is 2.71. The Morgan fingerprint density at radius 1 is 1.20 bits per heavy atom. The fraction of sp³-hybridized carbons (Fsp3) is 0.700. The summed E-state index contributed by atoms with van der Waals surface area (Å²) in [7, 11) is 0. The van der Waals surface area contributed by atoms with Crippen molar-refractivity contribution in [3.63, 3.8) is 0 Å². The van der Waals surface area contributed by atoms with E-state index in [4.69, 9.17) is 5.21 Å². The Morgan fingerprint density at radius 2 is 1.93 bits per heavy atom. The van der Waals surface area contributed by atoms with E-state index in [1.165, 1.54) is 19.3 Å². The minimum Gasteiger partial charge on any atom is -0.411 e. The predicted molar refractivity (Wildman–Crippen MR) is 56.0 cm³/mol. The summed E-state index contributed by atoms with van der Waals surface area (Å²) in [6.07, 6.45) is 10.0. The maximum atomic E-state index is 9.01. The van der Waals surface area contributed by atoms with Gasteiger partial charge in [-0.1, -0.05) is 24.4 Å². The molecular formula is C10H16N4O. The highest BCUT2D eigenvalue weighted by molar-refractivity contribution is 5.87. The van der Waals surface area contributed by atoms with Crippen LogP contribution in [0.1, 0.15) is 44.6 Å². The highest BCUT2D eigenvalue weighted by Gasteiger charge is 2.19. The predicted octanol–water partition coefficient (Wildman–Crippen LogP) is 2.00. The van der Waals surface area contributed by atoms with Gasteiger partial charge in [-0.15, -0.1) is 10.2 Å². The SMILES string of the molecule is ON=C1CCCCCCC1n1cnnc1. The molecule has 1 aromatic rings. The molecule has 0 aromatic carbocycles. The first kappa shape index (κ1) is 10.1. The van der Waals surface area contributed by atoms with Gasteiger partial charge >= 0.3 is 0 Å². The minimum absolute atomic E-state index is 0.144. The highest BCUT2D eigenvalue weighted by Crippen LogP contribution is 2.24. The van der Waals surface area contributed by atoms with Crippen LogP contribution in [0, 0.1) is 0 Å². The normalized spacial score (nSPS) is 26.1. The molecular weight excluding hydrogens is 192 g/mol. The zero-order chi connectivity index (χ0) is 10.5. The van der Waals surface area contributed by atoms with Crippen molar-refractivity contribution in [3.8, 4) is 0 Å². The van der Waals surface area contributed by atoms with Gasteiger partial charge in [0.2, 0.25) is 0 Å². The molecule has 5 heteroatoms. The Hall–Kier alpha value is -1.39. The van der Waals surface area contributed by atoms with E-state index in [0.29, 0.717) is 0 Å². The molecule has 15 heavy (non-hydrogen) atoms. The molecule has 1 heterocycles. The van der Waals surface area contributed by atoms with E-state index in [9.17, 15) is 0 Å². The van der Waals surface area contributed by atoms with E-state index in [2.05, 4.69) is 15.4 Å². The molecule has 0 radical (unpaired) electrons. The van der Waals surface area contributed by atoms with Gasteiger partial charge < -0.3 is 9.77 Å². The van der Waals surface area contributed by atoms with Gasteiger partial charge in [0, 0.05) is 0 Å². The van der Waals surface area contributed by atoms with Gasteiger partial charge in [0.15, 0.2) is 0 Å². The molecule has 1 N–H and O–H groups in total. The van der Waals surface area contributed by atoms with Crippen LogP contribution in [-0.2, 0) is 0 Å². The Morgan fingerprint density at radius 3 is 2.67 bits per heavy atom. The second kappa shape index (κ2) is 4.91. The van der Waals surface area contributed by atoms with Crippen LogP contribution in [0.3, 0.4) is 0 Å². The molecule has 0 saturated heterocycles. The van der Waals surface area contributed by atoms with Gasteiger partial charge in [-0.05, 0) is 19.3 Å². The summed E-state index contributed by atoms with van der Waals surface area (Å²) < 4.78 is 1.93. The van der Waals surface area contributed by atoms with Crippen LogP contribution in [-0.4, -0.2) is 25.7 Å². The summed E-state index contributed by atoms with van der Waals surface area (Å²) in [6, 6.07) is 0.144. The van der Waals surface area contributed by atoms with Crippen molar-refractivity contribution in [1.29, 1.82) is 0 Å². The largest absolute Gasteiger partial charge is 0.411 e. The van der Waals surface area contributed by atoms with Crippen LogP contribution in [0.25, 0.3) is 0 Å². The molecule has 1 unspecified atom stereocenters. The van der Waals surface area contributed by atoms with Crippen LogP contribution >= 0.6 is 0 Å². The third kappa shape index (κ3) is 2.34. The molecule has 1 aliphatic rings. The van der Waals surface area contributed by atoms with Crippen molar-refractivity contribution < 1.29 is 5.21 Å². The standard InChI is InChI=1S/C10H16N4O/c15-13-9-5-3-1-2-4-6-10(9)14-7-11-12-8-14/h7-8,10,15H,1-6H2. The van der Waals surface area contributed by atoms with Gasteiger partial charge in [0.1, 0.15) is 12.7 Å². The number of rotatable bonds is 1. The van der Waals surface area contributed by atoms with Gasteiger partial charge in [0.05, 0.1) is 11.8 Å². The topological polar surface area (TPSA) is 63.3 Å². The molecule has 0 aliphatic heterocycles. The van der Waals surface area contributed by atoms with E-state index < -0.39 is 0 Å². The van der Waals surface area contributed by atoms with Gasteiger partial charge in [0.25, 0.3) is 0 Å². The quantitative estimate of drug-likeness (QED) is 0.567. The highest BCUT2D eigenvalue weighted by atomic mass is 16.4. The smallest absolute Gasteiger partial charge is 0.119 e. The first-order chi connectivity index (χ1) is 7.42. The number of oxime groups is 1. The van der Waals surface area contributed by atoms with E-state index in [0.717, 1.165) is 25.0 Å². The Balaban J connectivity index is 2.17. The average molecular weight is 208 g/mol. The van der Waals surface area contributed by atoms with Crippen molar-refractivity contribution in [2.45, 2.75) is 44.6 Å². The van der Waals surface area contributed by atoms with Crippen LogP contribution < -0.4 is 0 Å². The number of aromatic nitrogens is 3. The van der Waals surface area contributed by atoms with Crippen molar-refractivity contribution in [2.75, 3.05) is 0 Å². The molecule has 1 fully saturated rings. The van der Waals surface area contributed by atoms with Crippen molar-refractivity contribution in [3.05, 3.63) is 12.7 Å². The summed E-state index contributed by atoms with van der Waals surface area (Å²) in [5, 5.41) is 20.0. The number of hydrogen-bond donors (Lipinski definition) is 1. The molecule has 1 atom stereocenters. The van der Waals surface area contributed by atoms with Crippen LogP contribution in [0.5, 0.6) is 0 Å². The molecule has 2 rings (SSSR count). The third-order valence-electron chi connectivity index (χ3n) is 2.97. The third-order valence-corrected chi connectivity index (χ3v) is 2.97. The molecule has 1 aromatic heterocycles. The maximum absolute atomic E-state index is 9.01. The maximum Gasteiger partial charge on any atom is 0.119 e. The molecule has 0 bridgehead atoms. The lowest BCUT2D eigenvalue weighted by atomic mass is 9.95. The lowest BCUT2D eigenvalue weighted by Crippen LogP contribution is -2.20. The zero-order valence-corrected chi connectivity index (χ0v) is 8.71. The van der Waals surface area contributed by atoms with Crippen LogP contribution in [0.2, 0.25) is 0 Å². The molecule has 5 nitrogen and oxygen atoms in total. The first-order valence-electron chi connectivity index (χ1n) is 5.47. The molecule has 0 spiro atoms. The van der Waals surface area contributed by atoms with Crippen LogP contribution in [0.15, 0.2) is 17.8 Å². The van der Waals surface area contributed by atoms with Gasteiger partial charge in [-0.2, -0.15) is 0 Å². The summed E-state index contributed by atoms with van der Waals surface area (Å²) in [6.45, 7) is 0. The molecule has 1 saturated carbocycles. The van der Waals surface area contributed by atoms with E-state index in [1.807, 2.05) is 4.57 Å². The van der Waals surface area contributed by atoms with Gasteiger partial charge in [-0.3, -0.25) is 0 Å². The minimum atomic E-state index is 0.144. The van der Waals surface area contributed by atoms with E-state index in [1.54, 1.807) is 12.7 Å². The Kier molecular flexibility index (Phi) is 3.32. The zero-order valence-electron chi connectivity index (χ0n) is 8.71. The Bertz CT molecular complexity index is 320. The monoisotopic (exact) mass is 208 g/mol. The number of hydrogen-bond acceptors (Lipinski definition) is 4. The number of nitrogens with zero attached hydrogens (tertiary/aromatic N) is 4. The van der Waals surface area contributed by atoms with Crippen molar-refractivity contribution >= 4 is 5.71 Å². The summed E-state index contributed by atoms with van der Waals surface area (Å²) in [5.41, 5.74) is 0.856. The van der Waals surface area contributed by atoms with Crippen molar-refractivity contribution in [2.24, 2.45) is 5.16 Å². The molecule has 82 valence electrons. The fourth-order valence-electron chi connectivity index (χ4n) is 2.14. The molecule has 1 aliphatic carbocycles. The second-order valence-corrected chi connectivity index (χ2v) is 3.97. The van der Waals surface area contributed by atoms with E-state index in [-0.39, 0.29) is 6.04 Å². The summed E-state index contributed by atoms with van der Waals surface area (Å²) >= 11 is 0. The molecule has 0 amide bonds. The van der Waals surface area contributed by atoms with Crippen molar-refractivity contribution in [1.82, 2.24) is 14.8 Å². The van der Waals surface area contributed by atoms with Gasteiger partial charge in [-0.25, -0.2) is 0 Å².